The van der Waals surface area contributed by atoms with Crippen LogP contribution in [0.15, 0.2) is 41.3 Å². The molecule has 0 aromatic heterocycles. The molecular formula is C24H31N3O4S. The molecule has 3 rings (SSSR count). The Balaban J connectivity index is 1.62. The summed E-state index contributed by atoms with van der Waals surface area (Å²) in [6.45, 7) is 8.62. The number of nitrogens with zero attached hydrogens (tertiary/aromatic N) is 1. The lowest BCUT2D eigenvalue weighted by molar-refractivity contribution is -0.120. The number of rotatable bonds is 6. The maximum absolute atomic E-state index is 13.2. The number of anilines is 1. The predicted molar refractivity (Wildman–Crippen MR) is 125 cm³/mol. The van der Waals surface area contributed by atoms with Gasteiger partial charge in [0.05, 0.1) is 4.90 Å². The van der Waals surface area contributed by atoms with Crippen LogP contribution in [0.3, 0.4) is 0 Å². The summed E-state index contributed by atoms with van der Waals surface area (Å²) in [6.07, 6.45) is 0.929. The highest BCUT2D eigenvalue weighted by molar-refractivity contribution is 7.89. The second kappa shape index (κ2) is 9.83. The Bertz CT molecular complexity index is 1080. The Morgan fingerprint density at radius 2 is 1.56 bits per heavy atom. The van der Waals surface area contributed by atoms with Crippen molar-refractivity contribution in [1.29, 1.82) is 0 Å². The fourth-order valence-electron chi connectivity index (χ4n) is 4.27. The van der Waals surface area contributed by atoms with E-state index in [1.807, 2.05) is 39.8 Å². The summed E-state index contributed by atoms with van der Waals surface area (Å²) in [7, 11) is -3.60. The van der Waals surface area contributed by atoms with E-state index >= 15 is 0 Å². The molecule has 172 valence electrons. The highest BCUT2D eigenvalue weighted by Crippen LogP contribution is 2.29. The number of hydrogen-bond donors (Lipinski definition) is 2. The maximum Gasteiger partial charge on any atom is 0.251 e. The zero-order valence-corrected chi connectivity index (χ0v) is 19.9. The number of amides is 2. The third-order valence-electron chi connectivity index (χ3n) is 5.78. The van der Waals surface area contributed by atoms with Crippen molar-refractivity contribution in [2.45, 2.75) is 45.4 Å². The third-order valence-corrected chi connectivity index (χ3v) is 7.98. The molecule has 8 heteroatoms. The van der Waals surface area contributed by atoms with Crippen molar-refractivity contribution < 1.29 is 18.0 Å². The number of carbonyl (C=O) groups is 2. The number of benzene rings is 2. The largest absolute Gasteiger partial charge is 0.352 e. The fourth-order valence-corrected chi connectivity index (χ4v) is 6.15. The average molecular weight is 458 g/mol. The number of sulfonamides is 1. The van der Waals surface area contributed by atoms with Gasteiger partial charge in [0.25, 0.3) is 5.91 Å². The van der Waals surface area contributed by atoms with Crippen molar-refractivity contribution in [2.75, 3.05) is 25.0 Å². The molecule has 0 bridgehead atoms. The van der Waals surface area contributed by atoms with Gasteiger partial charge in [-0.2, -0.15) is 4.31 Å². The maximum atomic E-state index is 13.2. The lowest BCUT2D eigenvalue weighted by Gasteiger charge is -2.31. The Morgan fingerprint density at radius 3 is 2.09 bits per heavy atom. The normalized spacial score (nSPS) is 15.4. The van der Waals surface area contributed by atoms with Crippen LogP contribution in [0.5, 0.6) is 0 Å². The second-order valence-electron chi connectivity index (χ2n) is 8.33. The monoisotopic (exact) mass is 457 g/mol. The molecule has 32 heavy (non-hydrogen) atoms. The summed E-state index contributed by atoms with van der Waals surface area (Å²) < 4.78 is 28.0. The van der Waals surface area contributed by atoms with Gasteiger partial charge in [0.2, 0.25) is 15.9 Å². The van der Waals surface area contributed by atoms with Gasteiger partial charge in [-0.1, -0.05) is 17.7 Å². The molecule has 0 atom stereocenters. The molecule has 0 spiro atoms. The Labute approximate surface area is 190 Å². The SMILES string of the molecule is CCNC(=O)c1ccc(NC(=O)C2CCN(S(=O)(=O)c3c(C)cc(C)cc3C)CC2)cc1. The van der Waals surface area contributed by atoms with Crippen LogP contribution in [0.1, 0.15) is 46.8 Å². The lowest BCUT2D eigenvalue weighted by atomic mass is 9.97. The topological polar surface area (TPSA) is 95.6 Å². The summed E-state index contributed by atoms with van der Waals surface area (Å²) in [6, 6.07) is 10.5. The van der Waals surface area contributed by atoms with Crippen LogP contribution >= 0.6 is 0 Å². The van der Waals surface area contributed by atoms with Gasteiger partial charge in [-0.25, -0.2) is 8.42 Å². The van der Waals surface area contributed by atoms with E-state index in [1.165, 1.54) is 4.31 Å². The molecule has 1 fully saturated rings. The number of nitrogens with one attached hydrogen (secondary N) is 2. The first-order chi connectivity index (χ1) is 15.1. The molecule has 2 aromatic rings. The molecule has 1 saturated heterocycles. The summed E-state index contributed by atoms with van der Waals surface area (Å²) in [5, 5.41) is 5.61. The summed E-state index contributed by atoms with van der Waals surface area (Å²) >= 11 is 0. The first-order valence-electron chi connectivity index (χ1n) is 10.9. The van der Waals surface area contributed by atoms with E-state index in [-0.39, 0.29) is 17.7 Å². The number of piperidine rings is 1. The van der Waals surface area contributed by atoms with E-state index < -0.39 is 10.0 Å². The third kappa shape index (κ3) is 5.19. The van der Waals surface area contributed by atoms with Crippen LogP contribution in [-0.2, 0) is 14.8 Å². The van der Waals surface area contributed by atoms with Crippen molar-refractivity contribution in [3.8, 4) is 0 Å². The molecule has 2 amide bonds. The number of aryl methyl sites for hydroxylation is 3. The van der Waals surface area contributed by atoms with Crippen LogP contribution in [0.25, 0.3) is 0 Å². The van der Waals surface area contributed by atoms with Gasteiger partial charge in [-0.15, -0.1) is 0 Å². The molecular weight excluding hydrogens is 426 g/mol. The highest BCUT2D eigenvalue weighted by Gasteiger charge is 2.33. The van der Waals surface area contributed by atoms with E-state index in [1.54, 1.807) is 24.3 Å². The van der Waals surface area contributed by atoms with Crippen LogP contribution in [0, 0.1) is 26.7 Å². The first-order valence-corrected chi connectivity index (χ1v) is 12.3. The molecule has 7 nitrogen and oxygen atoms in total. The Morgan fingerprint density at radius 1 is 1.00 bits per heavy atom. The van der Waals surface area contributed by atoms with E-state index in [0.29, 0.717) is 48.6 Å². The molecule has 1 aliphatic heterocycles. The molecule has 2 N–H and O–H groups in total. The molecule has 0 radical (unpaired) electrons. The minimum absolute atomic E-state index is 0.129. The van der Waals surface area contributed by atoms with Gasteiger partial charge in [0.1, 0.15) is 0 Å². The van der Waals surface area contributed by atoms with E-state index in [2.05, 4.69) is 10.6 Å². The molecule has 1 aliphatic rings. The van der Waals surface area contributed by atoms with Crippen LogP contribution < -0.4 is 10.6 Å². The smallest absolute Gasteiger partial charge is 0.251 e. The van der Waals surface area contributed by atoms with Crippen LogP contribution in [0.2, 0.25) is 0 Å². The average Bonchev–Trinajstić information content (AvgIpc) is 2.73. The van der Waals surface area contributed by atoms with Gasteiger partial charge < -0.3 is 10.6 Å². The van der Waals surface area contributed by atoms with Crippen molar-refractivity contribution in [3.63, 3.8) is 0 Å². The molecule has 2 aromatic carbocycles. The van der Waals surface area contributed by atoms with Crippen molar-refractivity contribution in [2.24, 2.45) is 5.92 Å². The predicted octanol–water partition coefficient (Wildman–Crippen LogP) is 3.40. The summed E-state index contributed by atoms with van der Waals surface area (Å²) in [5.74, 6) is -0.543. The van der Waals surface area contributed by atoms with Gasteiger partial charge in [0.15, 0.2) is 0 Å². The highest BCUT2D eigenvalue weighted by atomic mass is 32.2. The van der Waals surface area contributed by atoms with Gasteiger partial charge in [-0.05, 0) is 75.9 Å². The number of hydrogen-bond acceptors (Lipinski definition) is 4. The minimum Gasteiger partial charge on any atom is -0.352 e. The summed E-state index contributed by atoms with van der Waals surface area (Å²) in [5.41, 5.74) is 3.68. The van der Waals surface area contributed by atoms with E-state index in [0.717, 1.165) is 16.7 Å². The second-order valence-corrected chi connectivity index (χ2v) is 10.2. The molecule has 0 unspecified atom stereocenters. The van der Waals surface area contributed by atoms with Crippen LogP contribution in [0.4, 0.5) is 5.69 Å². The zero-order chi connectivity index (χ0) is 23.5. The fraction of sp³-hybridized carbons (Fsp3) is 0.417. The van der Waals surface area contributed by atoms with Crippen molar-refractivity contribution >= 4 is 27.5 Å². The van der Waals surface area contributed by atoms with Gasteiger partial charge in [-0.3, -0.25) is 9.59 Å². The van der Waals surface area contributed by atoms with E-state index in [4.69, 9.17) is 0 Å². The standard InChI is InChI=1S/C24H31N3O4S/c1-5-25-23(28)19-6-8-21(9-7-19)26-24(29)20-10-12-27(13-11-20)32(30,31)22-17(3)14-16(2)15-18(22)4/h6-9,14-15,20H,5,10-13H2,1-4H3,(H,25,28)(H,26,29). The quantitative estimate of drug-likeness (QED) is 0.695. The first kappa shape index (κ1) is 23.9. The van der Waals surface area contributed by atoms with Crippen molar-refractivity contribution in [1.82, 2.24) is 9.62 Å². The van der Waals surface area contributed by atoms with Gasteiger partial charge >= 0.3 is 0 Å². The molecule has 0 saturated carbocycles. The lowest BCUT2D eigenvalue weighted by Crippen LogP contribution is -2.41. The van der Waals surface area contributed by atoms with Gasteiger partial charge in [0, 0.05) is 36.8 Å². The molecule has 1 heterocycles. The Hall–Kier alpha value is -2.71. The van der Waals surface area contributed by atoms with E-state index in [9.17, 15) is 18.0 Å². The zero-order valence-electron chi connectivity index (χ0n) is 19.1. The van der Waals surface area contributed by atoms with Crippen LogP contribution in [-0.4, -0.2) is 44.2 Å². The number of carbonyl (C=O) groups excluding carboxylic acids is 2. The Kier molecular flexibility index (Phi) is 7.36. The molecule has 0 aliphatic carbocycles. The summed E-state index contributed by atoms with van der Waals surface area (Å²) in [4.78, 5) is 24.9. The van der Waals surface area contributed by atoms with Crippen molar-refractivity contribution in [3.05, 3.63) is 58.7 Å². The minimum atomic E-state index is -3.60.